The summed E-state index contributed by atoms with van der Waals surface area (Å²) in [7, 11) is 0. The Labute approximate surface area is 103 Å². The van der Waals surface area contributed by atoms with E-state index in [0.717, 1.165) is 0 Å². The summed E-state index contributed by atoms with van der Waals surface area (Å²) in [6.07, 6.45) is 1.57. The first-order valence-electron chi connectivity index (χ1n) is 4.55. The number of ether oxygens (including phenoxy) is 1. The van der Waals surface area contributed by atoms with Crippen LogP contribution in [-0.2, 0) is 20.9 Å². The molecule has 0 spiro atoms. The fourth-order valence-electron chi connectivity index (χ4n) is 1.05. The zero-order chi connectivity index (χ0) is 11.3. The zero-order valence-corrected chi connectivity index (χ0v) is 10.5. The van der Waals surface area contributed by atoms with Gasteiger partial charge >= 0.3 is 5.97 Å². The van der Waals surface area contributed by atoms with Gasteiger partial charge in [0.25, 0.3) is 5.78 Å². The predicted molar refractivity (Wildman–Crippen MR) is 62.2 cm³/mol. The van der Waals surface area contributed by atoms with Crippen LogP contribution in [0.2, 0.25) is 0 Å². The number of esters is 1. The van der Waals surface area contributed by atoms with Gasteiger partial charge in [-0.25, -0.2) is 4.79 Å². The molecular formula is C10H13BrN2O3. The van der Waals surface area contributed by atoms with Gasteiger partial charge in [0.15, 0.2) is 0 Å². The van der Waals surface area contributed by atoms with Crippen LogP contribution in [0.1, 0.15) is 6.92 Å². The molecule has 6 heteroatoms. The van der Waals surface area contributed by atoms with Gasteiger partial charge in [0.1, 0.15) is 5.49 Å². The van der Waals surface area contributed by atoms with Crippen molar-refractivity contribution in [1.29, 1.82) is 5.41 Å². The maximum Gasteiger partial charge on any atom is 0.376 e. The number of nitrogens with one attached hydrogen (secondary N) is 1. The summed E-state index contributed by atoms with van der Waals surface area (Å²) in [5.74, 6) is -1.50. The second-order valence-corrected chi connectivity index (χ2v) is 2.86. The van der Waals surface area contributed by atoms with E-state index in [0.29, 0.717) is 0 Å². The molecule has 1 rings (SSSR count). The van der Waals surface area contributed by atoms with Gasteiger partial charge in [0, 0.05) is 6.20 Å². The van der Waals surface area contributed by atoms with E-state index in [1.165, 1.54) is 4.57 Å². The molecule has 16 heavy (non-hydrogen) atoms. The van der Waals surface area contributed by atoms with Crippen LogP contribution in [-0.4, -0.2) is 22.9 Å². The van der Waals surface area contributed by atoms with Gasteiger partial charge in [-0.2, -0.15) is 0 Å². The van der Waals surface area contributed by atoms with Crippen molar-refractivity contribution in [2.75, 3.05) is 6.61 Å². The van der Waals surface area contributed by atoms with Crippen molar-refractivity contribution in [2.24, 2.45) is 0 Å². The lowest BCUT2D eigenvalue weighted by molar-refractivity contribution is -0.153. The third-order valence-electron chi connectivity index (χ3n) is 1.76. The average Bonchev–Trinajstić information content (AvgIpc) is 2.21. The third kappa shape index (κ3) is 3.98. The molecule has 88 valence electrons. The van der Waals surface area contributed by atoms with Crippen LogP contribution >= 0.6 is 17.0 Å². The molecule has 0 bridgehead atoms. The summed E-state index contributed by atoms with van der Waals surface area (Å²) in [6, 6.07) is 4.92. The van der Waals surface area contributed by atoms with Crippen molar-refractivity contribution in [3.05, 3.63) is 29.9 Å². The Kier molecular flexibility index (Phi) is 6.32. The molecule has 0 aromatic carbocycles. The van der Waals surface area contributed by atoms with Gasteiger partial charge in [-0.15, -0.1) is 17.0 Å². The molecule has 1 N–H and O–H groups in total. The van der Waals surface area contributed by atoms with Crippen LogP contribution in [0.5, 0.6) is 0 Å². The van der Waals surface area contributed by atoms with Crippen LogP contribution < -0.4 is 5.49 Å². The van der Waals surface area contributed by atoms with E-state index in [-0.39, 0.29) is 35.6 Å². The molecule has 0 aliphatic carbocycles. The van der Waals surface area contributed by atoms with Crippen molar-refractivity contribution in [2.45, 2.75) is 13.5 Å². The molecule has 1 heterocycles. The van der Waals surface area contributed by atoms with Crippen LogP contribution in [0, 0.1) is 5.41 Å². The highest BCUT2D eigenvalue weighted by Gasteiger charge is 2.14. The number of Topliss-reactive ketones (excluding diaryl/α,β-unsaturated/α-hetero) is 1. The summed E-state index contributed by atoms with van der Waals surface area (Å²) in [6.45, 7) is 1.66. The molecule has 1 aromatic heterocycles. The predicted octanol–water partition coefficient (Wildman–Crippen LogP) is 0.678. The number of carbonyl (C=O) groups is 2. The standard InChI is InChI=1S/C10H12N2O3.BrH/c1-2-15-10(14)8(13)7-12-6-4-3-5-9(12)11;/h3-6,11H,2,7H2,1H3;1H. The van der Waals surface area contributed by atoms with Gasteiger partial charge in [-0.05, 0) is 19.1 Å². The highest BCUT2D eigenvalue weighted by molar-refractivity contribution is 8.93. The monoisotopic (exact) mass is 288 g/mol. The third-order valence-corrected chi connectivity index (χ3v) is 1.76. The first kappa shape index (κ1) is 14.6. The van der Waals surface area contributed by atoms with Crippen LogP contribution in [0.25, 0.3) is 0 Å². The SMILES string of the molecule is Br.CCOC(=O)C(=O)Cn1ccccc1=N. The largest absolute Gasteiger partial charge is 0.460 e. The second kappa shape index (κ2) is 6.95. The number of carbonyl (C=O) groups excluding carboxylic acids is 2. The van der Waals surface area contributed by atoms with E-state index < -0.39 is 11.8 Å². The van der Waals surface area contributed by atoms with E-state index in [1.807, 2.05) is 0 Å². The van der Waals surface area contributed by atoms with Crippen molar-refractivity contribution in [1.82, 2.24) is 4.57 Å². The number of hydrogen-bond acceptors (Lipinski definition) is 4. The summed E-state index contributed by atoms with van der Waals surface area (Å²) in [5, 5.41) is 7.47. The minimum atomic E-state index is -0.853. The van der Waals surface area contributed by atoms with E-state index >= 15 is 0 Å². The summed E-state index contributed by atoms with van der Waals surface area (Å²) in [4.78, 5) is 22.3. The molecule has 0 atom stereocenters. The van der Waals surface area contributed by atoms with Crippen molar-refractivity contribution < 1.29 is 14.3 Å². The van der Waals surface area contributed by atoms with Crippen LogP contribution in [0.4, 0.5) is 0 Å². The molecule has 0 amide bonds. The van der Waals surface area contributed by atoms with Crippen molar-refractivity contribution in [3.8, 4) is 0 Å². The first-order chi connectivity index (χ1) is 7.15. The second-order valence-electron chi connectivity index (χ2n) is 2.86. The topological polar surface area (TPSA) is 72.2 Å². The maximum atomic E-state index is 11.3. The minimum absolute atomic E-state index is 0. The Hall–Kier alpha value is -1.43. The number of hydrogen-bond donors (Lipinski definition) is 1. The van der Waals surface area contributed by atoms with Gasteiger partial charge in [-0.1, -0.05) is 6.07 Å². The van der Waals surface area contributed by atoms with Crippen LogP contribution in [0.3, 0.4) is 0 Å². The Balaban J connectivity index is 0.00000225. The normalized spacial score (nSPS) is 9.06. The summed E-state index contributed by atoms with van der Waals surface area (Å²) >= 11 is 0. The Morgan fingerprint density at radius 3 is 2.69 bits per heavy atom. The van der Waals surface area contributed by atoms with E-state index in [1.54, 1.807) is 31.3 Å². The zero-order valence-electron chi connectivity index (χ0n) is 8.80. The van der Waals surface area contributed by atoms with E-state index in [9.17, 15) is 9.59 Å². The fourth-order valence-corrected chi connectivity index (χ4v) is 1.05. The Morgan fingerprint density at radius 1 is 1.44 bits per heavy atom. The lowest BCUT2D eigenvalue weighted by Gasteiger charge is -2.04. The highest BCUT2D eigenvalue weighted by Crippen LogP contribution is 1.87. The number of ketones is 1. The molecule has 0 aliphatic heterocycles. The summed E-state index contributed by atoms with van der Waals surface area (Å²) in [5.41, 5.74) is 0.176. The lowest BCUT2D eigenvalue weighted by Crippen LogP contribution is -2.28. The van der Waals surface area contributed by atoms with E-state index in [4.69, 9.17) is 5.41 Å². The minimum Gasteiger partial charge on any atom is -0.460 e. The first-order valence-corrected chi connectivity index (χ1v) is 4.55. The molecule has 0 saturated carbocycles. The van der Waals surface area contributed by atoms with Crippen molar-refractivity contribution >= 4 is 28.7 Å². The number of nitrogens with zero attached hydrogens (tertiary/aromatic N) is 1. The molecule has 0 aliphatic rings. The number of aromatic nitrogens is 1. The number of halogens is 1. The Morgan fingerprint density at radius 2 is 2.12 bits per heavy atom. The molecule has 0 radical (unpaired) electrons. The summed E-state index contributed by atoms with van der Waals surface area (Å²) < 4.78 is 5.93. The van der Waals surface area contributed by atoms with Crippen LogP contribution in [0.15, 0.2) is 24.4 Å². The smallest absolute Gasteiger partial charge is 0.376 e. The van der Waals surface area contributed by atoms with Gasteiger partial charge < -0.3 is 9.30 Å². The van der Waals surface area contributed by atoms with E-state index in [2.05, 4.69) is 4.74 Å². The Bertz CT molecular complexity index is 428. The lowest BCUT2D eigenvalue weighted by atomic mass is 10.3. The molecule has 0 fully saturated rings. The molecule has 0 saturated heterocycles. The molecule has 1 aromatic rings. The average molecular weight is 289 g/mol. The molecule has 0 unspecified atom stereocenters. The molecular weight excluding hydrogens is 276 g/mol. The quantitative estimate of drug-likeness (QED) is 0.654. The number of pyridine rings is 1. The van der Waals surface area contributed by atoms with Gasteiger partial charge in [0.05, 0.1) is 13.2 Å². The van der Waals surface area contributed by atoms with Crippen molar-refractivity contribution in [3.63, 3.8) is 0 Å². The maximum absolute atomic E-state index is 11.3. The highest BCUT2D eigenvalue weighted by atomic mass is 79.9. The molecule has 5 nitrogen and oxygen atoms in total. The van der Waals surface area contributed by atoms with Gasteiger partial charge in [0.2, 0.25) is 0 Å². The fraction of sp³-hybridized carbons (Fsp3) is 0.300. The number of rotatable bonds is 4. The van der Waals surface area contributed by atoms with Gasteiger partial charge in [-0.3, -0.25) is 10.2 Å².